The van der Waals surface area contributed by atoms with Gasteiger partial charge >= 0.3 is 63.9 Å². The van der Waals surface area contributed by atoms with Crippen molar-refractivity contribution in [2.75, 3.05) is 0 Å². The van der Waals surface area contributed by atoms with Gasteiger partial charge in [-0.15, -0.1) is 0 Å². The van der Waals surface area contributed by atoms with E-state index in [1.165, 1.54) is 0 Å². The Labute approximate surface area is 165 Å². The molecule has 0 aliphatic carbocycles. The molecule has 0 amide bonds. The Morgan fingerprint density at radius 2 is 0.900 bits per heavy atom. The number of phosphoric acid groups is 6. The van der Waals surface area contributed by atoms with Crippen molar-refractivity contribution in [3.8, 4) is 0 Å². The molecule has 0 aliphatic rings. The van der Waals surface area contributed by atoms with Gasteiger partial charge in [-0.1, -0.05) is 0 Å². The summed E-state index contributed by atoms with van der Waals surface area (Å²) in [6.07, 6.45) is 0. The first-order valence-corrected chi connectivity index (χ1v) is 16.2. The normalized spacial score (nSPS) is 18.6. The summed E-state index contributed by atoms with van der Waals surface area (Å²) < 4.78 is 113. The van der Waals surface area contributed by atoms with Crippen LogP contribution < -0.4 is 0 Å². The zero-order valence-corrected chi connectivity index (χ0v) is 20.0. The van der Waals surface area contributed by atoms with Crippen molar-refractivity contribution in [2.45, 2.75) is 0 Å². The summed E-state index contributed by atoms with van der Waals surface area (Å²) in [6.45, 7) is 0. The molecule has 3 atom stereocenters. The molecule has 0 radical (unpaired) electrons. The second kappa shape index (κ2) is 11.0. The molecule has 0 bridgehead atoms. The molecule has 0 saturated carbocycles. The van der Waals surface area contributed by atoms with Crippen molar-refractivity contribution in [2.24, 2.45) is 0 Å². The molecular formula is H7O22P8+. The highest BCUT2D eigenvalue weighted by atomic mass is 31.3. The van der Waals surface area contributed by atoms with Gasteiger partial charge in [-0.25, -0.2) is 32.0 Å². The van der Waals surface area contributed by atoms with Crippen LogP contribution in [0.4, 0.5) is 0 Å². The largest absolute Gasteiger partial charge is 0.719 e. The predicted octanol–water partition coefficient (Wildman–Crippen LogP) is 1.56. The van der Waals surface area contributed by atoms with Crippen LogP contribution in [-0.4, -0.2) is 34.3 Å². The molecule has 0 fully saturated rings. The molecule has 3 unspecified atom stereocenters. The minimum Gasteiger partial charge on any atom is -0.302 e. The highest BCUT2D eigenvalue weighted by Gasteiger charge is 2.56. The van der Waals surface area contributed by atoms with Crippen LogP contribution in [0, 0.1) is 0 Å². The first-order valence-electron chi connectivity index (χ1n) is 5.42. The van der Waals surface area contributed by atoms with E-state index < -0.39 is 63.9 Å². The molecule has 0 saturated heterocycles. The zero-order valence-electron chi connectivity index (χ0n) is 12.8. The lowest BCUT2D eigenvalue weighted by molar-refractivity contribution is 0.201. The van der Waals surface area contributed by atoms with Crippen LogP contribution in [0.1, 0.15) is 0 Å². The molecule has 0 aromatic heterocycles. The van der Waals surface area contributed by atoms with Crippen molar-refractivity contribution < 1.29 is 101 Å². The van der Waals surface area contributed by atoms with E-state index in [2.05, 4.69) is 30.2 Å². The van der Waals surface area contributed by atoms with Gasteiger partial charge in [0.05, 0.1) is 0 Å². The molecule has 0 aliphatic heterocycles. The van der Waals surface area contributed by atoms with Crippen molar-refractivity contribution in [3.63, 3.8) is 0 Å². The fourth-order valence-electron chi connectivity index (χ4n) is 0.842. The van der Waals surface area contributed by atoms with E-state index in [9.17, 15) is 36.5 Å². The first-order chi connectivity index (χ1) is 13.0. The highest BCUT2D eigenvalue weighted by Crippen LogP contribution is 2.76. The summed E-state index contributed by atoms with van der Waals surface area (Å²) in [7, 11) is -42.7. The minimum absolute atomic E-state index is 1.64. The fourth-order valence-corrected chi connectivity index (χ4v) is 9.72. The average Bonchev–Trinajstić information content (AvgIpc) is 2.26. The van der Waals surface area contributed by atoms with Crippen LogP contribution >= 0.6 is 63.9 Å². The van der Waals surface area contributed by atoms with Gasteiger partial charge < -0.3 is 34.3 Å². The third-order valence-electron chi connectivity index (χ3n) is 1.29. The van der Waals surface area contributed by atoms with Crippen molar-refractivity contribution in [3.05, 3.63) is 0 Å². The van der Waals surface area contributed by atoms with Crippen LogP contribution in [0.5, 0.6) is 0 Å². The zero-order chi connectivity index (χ0) is 24.2. The van der Waals surface area contributed by atoms with Crippen molar-refractivity contribution in [1.29, 1.82) is 0 Å². The Bertz CT molecular complexity index is 887. The summed E-state index contributed by atoms with van der Waals surface area (Å²) in [5.74, 6) is 0. The Morgan fingerprint density at radius 1 is 0.600 bits per heavy atom. The summed E-state index contributed by atoms with van der Waals surface area (Å²) in [6, 6.07) is 0. The van der Waals surface area contributed by atoms with Gasteiger partial charge in [0.15, 0.2) is 0 Å². The molecule has 0 aromatic rings. The second-order valence-electron chi connectivity index (χ2n) is 3.70. The highest BCUT2D eigenvalue weighted by molar-refractivity contribution is 7.73. The van der Waals surface area contributed by atoms with Gasteiger partial charge in [0.2, 0.25) is 0 Å². The van der Waals surface area contributed by atoms with E-state index >= 15 is 0 Å². The lowest BCUT2D eigenvalue weighted by atomic mass is 15.7. The quantitative estimate of drug-likeness (QED) is 0.138. The maximum absolute atomic E-state index is 12.0. The third kappa shape index (κ3) is 15.0. The maximum Gasteiger partial charge on any atom is 0.719 e. The van der Waals surface area contributed by atoms with Crippen LogP contribution in [0.3, 0.4) is 0 Å². The van der Waals surface area contributed by atoms with Gasteiger partial charge in [0.1, 0.15) is 0 Å². The Hall–Kier alpha value is 1.02. The number of hydrogen-bond donors (Lipinski definition) is 7. The van der Waals surface area contributed by atoms with Gasteiger partial charge in [0.25, 0.3) is 0 Å². The smallest absolute Gasteiger partial charge is 0.302 e. The predicted molar refractivity (Wildman–Crippen MR) is 84.0 cm³/mol. The monoisotopic (exact) mass is 607 g/mol. The molecule has 30 heavy (non-hydrogen) atoms. The average molecular weight is 607 g/mol. The maximum atomic E-state index is 12.0. The lowest BCUT2D eigenvalue weighted by Gasteiger charge is -2.15. The fraction of sp³-hybridized carbons (Fsp3) is 0. The Morgan fingerprint density at radius 3 is 1.17 bits per heavy atom. The molecule has 30 heteroatoms. The van der Waals surface area contributed by atoms with E-state index in [-0.39, 0.29) is 0 Å². The van der Waals surface area contributed by atoms with Crippen molar-refractivity contribution >= 4 is 63.9 Å². The molecule has 7 N–H and O–H groups in total. The second-order valence-corrected chi connectivity index (χ2v) is 14.5. The van der Waals surface area contributed by atoms with Gasteiger partial charge in [-0.2, -0.15) is 21.6 Å². The van der Waals surface area contributed by atoms with E-state index in [0.717, 1.165) is 0 Å². The van der Waals surface area contributed by atoms with E-state index in [1.807, 2.05) is 0 Å². The standard InChI is InChI=1S/H6O22P8/c1-23-16-28(12,13)22-30(15,21-27(9,10)11)18-24(2)17-29(14,19-25(3,4)5)20-26(6,7)8/h(H6-,3,4,5,6,7,8,9,10,11,12,13)/p+1. The SMILES string of the molecule is O=POP(=O)(O)OP(=O)(O[P+](=O)OP(=O)(OP(=O)(O)O)OP(=O)(O)O)OP(=O)(O)O. The molecule has 0 rings (SSSR count). The summed E-state index contributed by atoms with van der Waals surface area (Å²) in [4.78, 5) is 60.1. The summed E-state index contributed by atoms with van der Waals surface area (Å²) in [5, 5.41) is 0. The molecule has 22 nitrogen and oxygen atoms in total. The van der Waals surface area contributed by atoms with Crippen LogP contribution in [0.2, 0.25) is 0 Å². The Balaban J connectivity index is 5.87. The van der Waals surface area contributed by atoms with Gasteiger partial charge in [0, 0.05) is 4.57 Å². The molecular weight excluding hydrogens is 600 g/mol. The lowest BCUT2D eigenvalue weighted by Crippen LogP contribution is -1.98. The van der Waals surface area contributed by atoms with E-state index in [1.54, 1.807) is 0 Å². The van der Waals surface area contributed by atoms with Gasteiger partial charge in [-0.05, 0) is 8.62 Å². The van der Waals surface area contributed by atoms with Crippen LogP contribution in [0.15, 0.2) is 0 Å². The molecule has 0 aromatic carbocycles. The number of rotatable bonds is 14. The van der Waals surface area contributed by atoms with Crippen LogP contribution in [0.25, 0.3) is 0 Å². The summed E-state index contributed by atoms with van der Waals surface area (Å²) >= 11 is 0. The molecule has 0 heterocycles. The first kappa shape index (κ1) is 31.0. The van der Waals surface area contributed by atoms with Crippen molar-refractivity contribution in [1.82, 2.24) is 0 Å². The molecule has 178 valence electrons. The van der Waals surface area contributed by atoms with E-state index in [4.69, 9.17) is 34.3 Å². The van der Waals surface area contributed by atoms with E-state index in [0.29, 0.717) is 0 Å². The summed E-state index contributed by atoms with van der Waals surface area (Å²) in [5.41, 5.74) is 0. The minimum atomic E-state index is -6.31. The van der Waals surface area contributed by atoms with Crippen LogP contribution in [-0.2, 0) is 66.7 Å². The Kier molecular flexibility index (Phi) is 11.3. The topological polar surface area (TPSA) is 343 Å². The number of hydrogen-bond acceptors (Lipinski definition) is 15. The molecule has 0 spiro atoms. The third-order valence-corrected chi connectivity index (χ3v) is 11.6. The van der Waals surface area contributed by atoms with Gasteiger partial charge in [-0.3, -0.25) is 0 Å².